The van der Waals surface area contributed by atoms with Crippen molar-refractivity contribution in [1.29, 1.82) is 0 Å². The van der Waals surface area contributed by atoms with Gasteiger partial charge >= 0.3 is 18.2 Å². The van der Waals surface area contributed by atoms with Gasteiger partial charge in [0.25, 0.3) is 0 Å². The fourth-order valence-corrected chi connectivity index (χ4v) is 7.78. The van der Waals surface area contributed by atoms with Crippen molar-refractivity contribution in [2.45, 2.75) is 83.2 Å². The summed E-state index contributed by atoms with van der Waals surface area (Å²) in [6.07, 6.45) is 0.0701. The molecule has 4 unspecified atom stereocenters. The molecule has 3 aliphatic heterocycles. The van der Waals surface area contributed by atoms with Gasteiger partial charge in [0.05, 0.1) is 31.3 Å². The van der Waals surface area contributed by atoms with Crippen LogP contribution in [0, 0.1) is 22.9 Å². The molecule has 0 spiro atoms. The van der Waals surface area contributed by atoms with E-state index in [9.17, 15) is 24.2 Å². The number of nitrogens with zero attached hydrogens (tertiary/aromatic N) is 5. The van der Waals surface area contributed by atoms with Gasteiger partial charge in [-0.3, -0.25) is 10.2 Å². The molecular weight excluding hydrogens is 685 g/mol. The molecule has 3 fully saturated rings. The van der Waals surface area contributed by atoms with E-state index in [1.54, 1.807) is 27.7 Å². The van der Waals surface area contributed by atoms with Crippen LogP contribution in [-0.2, 0) is 4.74 Å². The van der Waals surface area contributed by atoms with E-state index < -0.39 is 64.5 Å². The molecule has 4 aromatic rings. The van der Waals surface area contributed by atoms with Crippen molar-refractivity contribution >= 4 is 45.4 Å². The van der Waals surface area contributed by atoms with E-state index >= 15 is 8.78 Å². The Labute approximate surface area is 295 Å². The average molecular weight is 723 g/mol. The lowest BCUT2D eigenvalue weighted by atomic mass is 9.98. The highest BCUT2D eigenvalue weighted by molar-refractivity contribution is 6.04. The van der Waals surface area contributed by atoms with Crippen molar-refractivity contribution in [3.63, 3.8) is 0 Å². The second-order valence-corrected chi connectivity index (χ2v) is 15.1. The normalized spacial score (nSPS) is 22.8. The van der Waals surface area contributed by atoms with Crippen molar-refractivity contribution in [1.82, 2.24) is 19.9 Å². The number of hydrogen-bond acceptors (Lipinski definition) is 10. The van der Waals surface area contributed by atoms with Crippen LogP contribution in [0.4, 0.5) is 34.3 Å². The molecule has 2 aromatic heterocycles. The van der Waals surface area contributed by atoms with Crippen LogP contribution in [0.5, 0.6) is 11.9 Å². The van der Waals surface area contributed by atoms with Gasteiger partial charge in [0, 0.05) is 28.6 Å². The highest BCUT2D eigenvalue weighted by Gasteiger charge is 2.53. The highest BCUT2D eigenvalue weighted by Crippen LogP contribution is 2.48. The summed E-state index contributed by atoms with van der Waals surface area (Å²) in [6, 6.07) is 3.33. The zero-order valence-electron chi connectivity index (χ0n) is 28.9. The summed E-state index contributed by atoms with van der Waals surface area (Å²) < 4.78 is 65.6. The molecule has 1 aliphatic carbocycles. The Hall–Kier alpha value is -5.12. The maximum Gasteiger partial charge on any atom is 0.412 e. The molecular formula is C36H37F3N6O7. The van der Waals surface area contributed by atoms with Crippen molar-refractivity contribution in [2.24, 2.45) is 5.41 Å². The lowest BCUT2D eigenvalue weighted by Gasteiger charge is -2.47. The zero-order valence-corrected chi connectivity index (χ0v) is 28.9. The molecule has 2 aromatic carbocycles. The van der Waals surface area contributed by atoms with Crippen LogP contribution >= 0.6 is 0 Å². The molecule has 16 heteroatoms. The first-order valence-corrected chi connectivity index (χ1v) is 17.2. The van der Waals surface area contributed by atoms with Gasteiger partial charge in [-0.15, -0.1) is 0 Å². The van der Waals surface area contributed by atoms with Gasteiger partial charge in [0.15, 0.2) is 17.5 Å². The molecule has 13 nitrogen and oxygen atoms in total. The number of nitrogens with one attached hydrogen (secondary N) is 1. The second kappa shape index (κ2) is 12.0. The maximum atomic E-state index is 17.2. The molecule has 2 amide bonds. The molecule has 4 atom stereocenters. The first kappa shape index (κ1) is 34.0. The molecule has 3 N–H and O–H groups in total. The van der Waals surface area contributed by atoms with Gasteiger partial charge in [-0.25, -0.2) is 27.7 Å². The van der Waals surface area contributed by atoms with Crippen LogP contribution in [-0.4, -0.2) is 91.8 Å². The van der Waals surface area contributed by atoms with E-state index in [1.807, 2.05) is 4.90 Å². The summed E-state index contributed by atoms with van der Waals surface area (Å²) in [5.41, 5.74) is -2.14. The van der Waals surface area contributed by atoms with Crippen LogP contribution < -0.4 is 19.7 Å². The fraction of sp³-hybridized carbons (Fsp3) is 0.472. The monoisotopic (exact) mass is 722 g/mol. The van der Waals surface area contributed by atoms with Crippen LogP contribution in [0.2, 0.25) is 0 Å². The minimum absolute atomic E-state index is 0.0722. The Morgan fingerprint density at radius 2 is 1.85 bits per heavy atom. The summed E-state index contributed by atoms with van der Waals surface area (Å²) in [4.78, 5) is 42.3. The molecule has 52 heavy (non-hydrogen) atoms. The molecule has 4 aliphatic rings. The van der Waals surface area contributed by atoms with E-state index in [2.05, 4.69) is 15.3 Å². The minimum atomic E-state index is -1.26. The number of halogens is 3. The van der Waals surface area contributed by atoms with Gasteiger partial charge in [-0.1, -0.05) is 6.07 Å². The summed E-state index contributed by atoms with van der Waals surface area (Å²) >= 11 is 0. The molecule has 2 saturated heterocycles. The van der Waals surface area contributed by atoms with E-state index in [0.717, 1.165) is 18.9 Å². The minimum Gasteiger partial charge on any atom is -0.472 e. The molecule has 274 valence electrons. The first-order chi connectivity index (χ1) is 24.7. The van der Waals surface area contributed by atoms with Gasteiger partial charge in [-0.2, -0.15) is 9.97 Å². The van der Waals surface area contributed by atoms with Crippen LogP contribution in [0.1, 0.15) is 53.4 Å². The number of fused-ring (bicyclic) bond motifs is 6. The standard InChI is InChI=1S/C36H37F3N6O7/c1-16-29-22-8-6-19(45(22)34(48)49)13-44(29)30-24-28(42-32(43-30)50-15-36(14-46)9-10-36)26(39)27(41-31(24)51-16)20-12-18(40-33(47)52-35(2,3)4)11-17-5-7-21(37)25(38)23(17)20/h5,7,11-12,16,19,22,29,46H,6,8-10,13-15H2,1-4H3,(H,40,47)(H,48,49). The van der Waals surface area contributed by atoms with Gasteiger partial charge in [0.2, 0.25) is 5.88 Å². The third-order valence-electron chi connectivity index (χ3n) is 10.4. The van der Waals surface area contributed by atoms with Gasteiger partial charge < -0.3 is 29.3 Å². The van der Waals surface area contributed by atoms with Crippen LogP contribution in [0.15, 0.2) is 24.3 Å². The molecule has 0 radical (unpaired) electrons. The smallest absolute Gasteiger partial charge is 0.412 e. The summed E-state index contributed by atoms with van der Waals surface area (Å²) in [5.74, 6) is -3.32. The van der Waals surface area contributed by atoms with Crippen molar-refractivity contribution in [3.05, 3.63) is 41.7 Å². The molecule has 5 heterocycles. The van der Waals surface area contributed by atoms with Gasteiger partial charge in [0.1, 0.15) is 34.1 Å². The average Bonchev–Trinajstić information content (AvgIpc) is 3.82. The summed E-state index contributed by atoms with van der Waals surface area (Å²) in [7, 11) is 0. The quantitative estimate of drug-likeness (QED) is 0.207. The maximum absolute atomic E-state index is 17.2. The lowest BCUT2D eigenvalue weighted by Crippen LogP contribution is -2.64. The third kappa shape index (κ3) is 5.63. The number of amides is 2. The fourth-order valence-electron chi connectivity index (χ4n) is 7.78. The van der Waals surface area contributed by atoms with Crippen molar-refractivity contribution < 1.29 is 47.2 Å². The number of aromatic nitrogens is 3. The number of piperazine rings is 1. The Morgan fingerprint density at radius 3 is 2.54 bits per heavy atom. The Bertz CT molecular complexity index is 2160. The third-order valence-corrected chi connectivity index (χ3v) is 10.4. The largest absolute Gasteiger partial charge is 0.472 e. The number of ether oxygens (including phenoxy) is 3. The topological polar surface area (TPSA) is 159 Å². The van der Waals surface area contributed by atoms with E-state index in [4.69, 9.17) is 19.2 Å². The number of benzene rings is 2. The molecule has 8 rings (SSSR count). The zero-order chi connectivity index (χ0) is 36.9. The van der Waals surface area contributed by atoms with Crippen LogP contribution in [0.25, 0.3) is 32.9 Å². The Morgan fingerprint density at radius 1 is 1.08 bits per heavy atom. The Balaban J connectivity index is 1.34. The number of anilines is 2. The summed E-state index contributed by atoms with van der Waals surface area (Å²) in [6.45, 7) is 7.00. The van der Waals surface area contributed by atoms with E-state index in [1.165, 1.54) is 23.1 Å². The number of aliphatic hydroxyl groups is 1. The van der Waals surface area contributed by atoms with Gasteiger partial charge in [-0.05, 0) is 77.0 Å². The van der Waals surface area contributed by atoms with E-state index in [0.29, 0.717) is 12.8 Å². The number of carboxylic acid groups (broad SMARTS) is 1. The number of pyridine rings is 1. The van der Waals surface area contributed by atoms with Crippen molar-refractivity contribution in [2.75, 3.05) is 30.0 Å². The van der Waals surface area contributed by atoms with E-state index in [-0.39, 0.29) is 76.4 Å². The lowest BCUT2D eigenvalue weighted by molar-refractivity contribution is 0.0634. The number of carbonyl (C=O) groups excluding carboxylic acids is 1. The number of carbonyl (C=O) groups is 2. The number of aliphatic hydroxyl groups excluding tert-OH is 1. The highest BCUT2D eigenvalue weighted by atomic mass is 19.2. The number of hydrogen-bond donors (Lipinski definition) is 3. The Kier molecular flexibility index (Phi) is 7.82. The predicted molar refractivity (Wildman–Crippen MR) is 182 cm³/mol. The predicted octanol–water partition coefficient (Wildman–Crippen LogP) is 6.24. The number of rotatable bonds is 6. The van der Waals surface area contributed by atoms with Crippen LogP contribution in [0.3, 0.4) is 0 Å². The second-order valence-electron chi connectivity index (χ2n) is 15.1. The van der Waals surface area contributed by atoms with Crippen molar-refractivity contribution in [3.8, 4) is 23.1 Å². The molecule has 1 saturated carbocycles. The first-order valence-electron chi connectivity index (χ1n) is 17.2. The SMILES string of the molecule is CC1Oc2nc(-c3cc(NC(=O)OC(C)(C)C)cc4ccc(F)c(F)c34)c(F)c3nc(OCC4(CO)CC4)nc(c23)N2CC3CCC(C12)N3C(=O)O. The summed E-state index contributed by atoms with van der Waals surface area (Å²) in [5, 5.41) is 22.6. The molecule has 2 bridgehead atoms.